The third kappa shape index (κ3) is 5.13. The van der Waals surface area contributed by atoms with Gasteiger partial charge in [0.1, 0.15) is 5.75 Å². The van der Waals surface area contributed by atoms with E-state index in [0.29, 0.717) is 43.7 Å². The second kappa shape index (κ2) is 8.19. The van der Waals surface area contributed by atoms with Crippen molar-refractivity contribution in [3.63, 3.8) is 0 Å². The van der Waals surface area contributed by atoms with Crippen LogP contribution in [0.25, 0.3) is 0 Å². The molecule has 1 saturated carbocycles. The molecule has 126 valence electrons. The molecule has 0 aromatic heterocycles. The molecule has 1 fully saturated rings. The zero-order valence-corrected chi connectivity index (χ0v) is 14.6. The third-order valence-corrected chi connectivity index (χ3v) is 4.39. The predicted octanol–water partition coefficient (Wildman–Crippen LogP) is 3.61. The van der Waals surface area contributed by atoms with Crippen molar-refractivity contribution in [1.29, 1.82) is 0 Å². The fourth-order valence-corrected chi connectivity index (χ4v) is 3.07. The molecule has 0 heterocycles. The first-order valence-corrected chi connectivity index (χ1v) is 8.51. The number of urea groups is 1. The Morgan fingerprint density at radius 3 is 2.61 bits per heavy atom. The number of nitrogens with one attached hydrogen (secondary N) is 2. The number of ether oxygens (including phenoxy) is 1. The number of benzene rings is 1. The van der Waals surface area contributed by atoms with Crippen molar-refractivity contribution in [1.82, 2.24) is 5.32 Å². The maximum atomic E-state index is 12.2. The first-order valence-electron chi connectivity index (χ1n) is 7.72. The van der Waals surface area contributed by atoms with Crippen molar-refractivity contribution in [2.45, 2.75) is 38.6 Å². The summed E-state index contributed by atoms with van der Waals surface area (Å²) >= 11 is 3.37. The molecule has 1 aliphatic rings. The second-order valence-electron chi connectivity index (χ2n) is 5.56. The number of carboxylic acid groups (broad SMARTS) is 1. The predicted molar refractivity (Wildman–Crippen MR) is 90.8 cm³/mol. The molecule has 23 heavy (non-hydrogen) atoms. The smallest absolute Gasteiger partial charge is 0.319 e. The highest BCUT2D eigenvalue weighted by Crippen LogP contribution is 2.29. The Balaban J connectivity index is 1.90. The van der Waals surface area contributed by atoms with Crippen LogP contribution in [-0.4, -0.2) is 29.8 Å². The summed E-state index contributed by atoms with van der Waals surface area (Å²) in [5, 5.41) is 14.7. The van der Waals surface area contributed by atoms with E-state index in [2.05, 4.69) is 26.6 Å². The Hall–Kier alpha value is -1.76. The van der Waals surface area contributed by atoms with E-state index < -0.39 is 5.97 Å². The van der Waals surface area contributed by atoms with Crippen molar-refractivity contribution < 1.29 is 19.4 Å². The van der Waals surface area contributed by atoms with Crippen LogP contribution in [0.5, 0.6) is 5.75 Å². The number of hydrogen-bond acceptors (Lipinski definition) is 3. The lowest BCUT2D eigenvalue weighted by atomic mass is 9.86. The molecular weight excluding hydrogens is 364 g/mol. The molecule has 0 saturated heterocycles. The summed E-state index contributed by atoms with van der Waals surface area (Å²) < 4.78 is 6.34. The Labute approximate surface area is 143 Å². The van der Waals surface area contributed by atoms with E-state index in [1.165, 1.54) is 0 Å². The summed E-state index contributed by atoms with van der Waals surface area (Å²) in [5.74, 6) is -0.422. The lowest BCUT2D eigenvalue weighted by molar-refractivity contribution is -0.142. The van der Waals surface area contributed by atoms with Crippen LogP contribution in [0.15, 0.2) is 22.7 Å². The summed E-state index contributed by atoms with van der Waals surface area (Å²) in [5.41, 5.74) is 0.595. The van der Waals surface area contributed by atoms with E-state index >= 15 is 0 Å². The Kier molecular flexibility index (Phi) is 6.27. The van der Waals surface area contributed by atoms with Crippen molar-refractivity contribution >= 4 is 33.6 Å². The number of halogens is 1. The first-order chi connectivity index (χ1) is 11.0. The molecule has 0 spiro atoms. The molecule has 0 unspecified atom stereocenters. The normalized spacial score (nSPS) is 20.6. The number of carboxylic acids is 1. The van der Waals surface area contributed by atoms with Gasteiger partial charge in [0.15, 0.2) is 0 Å². The van der Waals surface area contributed by atoms with Crippen molar-refractivity contribution in [2.75, 3.05) is 11.9 Å². The summed E-state index contributed by atoms with van der Waals surface area (Å²) in [4.78, 5) is 23.1. The standard InChI is InChI=1S/C16H21BrN2O4/c1-2-23-14-8-5-11(17)9-13(14)19-16(22)18-12-6-3-10(4-7-12)15(20)21/h5,8-10,12H,2-4,6-7H2,1H3,(H,20,21)(H2,18,19,22). The fraction of sp³-hybridized carbons (Fsp3) is 0.500. The molecule has 2 amide bonds. The van der Waals surface area contributed by atoms with Gasteiger partial charge < -0.3 is 20.5 Å². The SMILES string of the molecule is CCOc1ccc(Br)cc1NC(=O)NC1CCC(C(=O)O)CC1. The van der Waals surface area contributed by atoms with E-state index in [-0.39, 0.29) is 18.0 Å². The summed E-state index contributed by atoms with van der Waals surface area (Å²) in [7, 11) is 0. The van der Waals surface area contributed by atoms with Gasteiger partial charge in [-0.15, -0.1) is 0 Å². The lowest BCUT2D eigenvalue weighted by Gasteiger charge is -2.27. The molecule has 3 N–H and O–H groups in total. The summed E-state index contributed by atoms with van der Waals surface area (Å²) in [6.45, 7) is 2.39. The number of carbonyl (C=O) groups excluding carboxylic acids is 1. The van der Waals surface area contributed by atoms with E-state index in [0.717, 1.165) is 4.47 Å². The van der Waals surface area contributed by atoms with E-state index in [1.54, 1.807) is 12.1 Å². The fourth-order valence-electron chi connectivity index (χ4n) is 2.71. The number of rotatable bonds is 5. The van der Waals surface area contributed by atoms with E-state index in [1.807, 2.05) is 13.0 Å². The number of amides is 2. The zero-order valence-electron chi connectivity index (χ0n) is 13.0. The first kappa shape index (κ1) is 17.6. The van der Waals surface area contributed by atoms with Gasteiger partial charge in [-0.2, -0.15) is 0 Å². The van der Waals surface area contributed by atoms with Crippen molar-refractivity contribution in [3.05, 3.63) is 22.7 Å². The van der Waals surface area contributed by atoms with Gasteiger partial charge in [-0.05, 0) is 50.8 Å². The van der Waals surface area contributed by atoms with Crippen molar-refractivity contribution in [2.24, 2.45) is 5.92 Å². The number of hydrogen-bond donors (Lipinski definition) is 3. The highest BCUT2D eigenvalue weighted by Gasteiger charge is 2.26. The van der Waals surface area contributed by atoms with Gasteiger partial charge in [-0.1, -0.05) is 15.9 Å². The molecule has 0 radical (unpaired) electrons. The van der Waals surface area contributed by atoms with Gasteiger partial charge in [0.2, 0.25) is 0 Å². The Morgan fingerprint density at radius 2 is 2.00 bits per heavy atom. The molecule has 1 aliphatic carbocycles. The minimum Gasteiger partial charge on any atom is -0.492 e. The van der Waals surface area contributed by atoms with Gasteiger partial charge in [0, 0.05) is 10.5 Å². The maximum Gasteiger partial charge on any atom is 0.319 e. The Bertz CT molecular complexity index is 571. The van der Waals surface area contributed by atoms with Gasteiger partial charge in [-0.25, -0.2) is 4.79 Å². The van der Waals surface area contributed by atoms with Crippen molar-refractivity contribution in [3.8, 4) is 5.75 Å². The zero-order chi connectivity index (χ0) is 16.8. The monoisotopic (exact) mass is 384 g/mol. The molecular formula is C16H21BrN2O4. The van der Waals surface area contributed by atoms with E-state index in [4.69, 9.17) is 9.84 Å². The maximum absolute atomic E-state index is 12.2. The highest BCUT2D eigenvalue weighted by molar-refractivity contribution is 9.10. The Morgan fingerprint density at radius 1 is 1.30 bits per heavy atom. The average molecular weight is 385 g/mol. The minimum absolute atomic E-state index is 0.00768. The molecule has 0 atom stereocenters. The molecule has 1 aromatic rings. The molecule has 2 rings (SSSR count). The second-order valence-corrected chi connectivity index (χ2v) is 6.47. The van der Waals surface area contributed by atoms with Gasteiger partial charge >= 0.3 is 12.0 Å². The van der Waals surface area contributed by atoms with Crippen LogP contribution in [0.4, 0.5) is 10.5 Å². The van der Waals surface area contributed by atoms with Gasteiger partial charge in [0.25, 0.3) is 0 Å². The molecule has 0 aliphatic heterocycles. The number of aliphatic carboxylic acids is 1. The largest absolute Gasteiger partial charge is 0.492 e. The van der Waals surface area contributed by atoms with Crippen LogP contribution in [0.3, 0.4) is 0 Å². The quantitative estimate of drug-likeness (QED) is 0.723. The van der Waals surface area contributed by atoms with Crippen LogP contribution in [0, 0.1) is 5.92 Å². The lowest BCUT2D eigenvalue weighted by Crippen LogP contribution is -2.41. The molecule has 1 aromatic carbocycles. The average Bonchev–Trinajstić information content (AvgIpc) is 2.50. The van der Waals surface area contributed by atoms with E-state index in [9.17, 15) is 9.59 Å². The molecule has 7 heteroatoms. The summed E-state index contributed by atoms with van der Waals surface area (Å²) in [6.07, 6.45) is 2.56. The van der Waals surface area contributed by atoms with Gasteiger partial charge in [-0.3, -0.25) is 4.79 Å². The van der Waals surface area contributed by atoms with Crippen LogP contribution in [-0.2, 0) is 4.79 Å². The third-order valence-electron chi connectivity index (χ3n) is 3.90. The number of anilines is 1. The molecule has 0 bridgehead atoms. The van der Waals surface area contributed by atoms with Crippen LogP contribution in [0.1, 0.15) is 32.6 Å². The minimum atomic E-state index is -0.747. The number of carbonyl (C=O) groups is 2. The highest BCUT2D eigenvalue weighted by atomic mass is 79.9. The van der Waals surface area contributed by atoms with Crippen LogP contribution >= 0.6 is 15.9 Å². The van der Waals surface area contributed by atoms with Crippen LogP contribution in [0.2, 0.25) is 0 Å². The summed E-state index contributed by atoms with van der Waals surface area (Å²) in [6, 6.07) is 5.13. The molecule has 6 nitrogen and oxygen atoms in total. The van der Waals surface area contributed by atoms with Crippen LogP contribution < -0.4 is 15.4 Å². The van der Waals surface area contributed by atoms with Gasteiger partial charge in [0.05, 0.1) is 18.2 Å². The topological polar surface area (TPSA) is 87.7 Å².